The van der Waals surface area contributed by atoms with Crippen LogP contribution in [0.1, 0.15) is 17.0 Å². The number of methoxy groups -OCH3 is 2. The molecule has 120 valence electrons. The second-order valence-corrected chi connectivity index (χ2v) is 6.47. The lowest BCUT2D eigenvalue weighted by Gasteiger charge is -2.12. The lowest BCUT2D eigenvalue weighted by molar-refractivity contribution is 0.398. The summed E-state index contributed by atoms with van der Waals surface area (Å²) in [4.78, 5) is 0.175. The van der Waals surface area contributed by atoms with Crippen LogP contribution < -0.4 is 14.2 Å². The van der Waals surface area contributed by atoms with E-state index in [4.69, 9.17) is 9.47 Å². The van der Waals surface area contributed by atoms with Gasteiger partial charge in [-0.05, 0) is 32.0 Å². The van der Waals surface area contributed by atoms with Gasteiger partial charge < -0.3 is 9.47 Å². The van der Waals surface area contributed by atoms with Crippen LogP contribution in [0.3, 0.4) is 0 Å². The first-order valence-electron chi connectivity index (χ1n) is 6.61. The quantitative estimate of drug-likeness (QED) is 0.840. The van der Waals surface area contributed by atoms with E-state index in [9.17, 15) is 8.42 Å². The minimum atomic E-state index is -3.66. The fourth-order valence-corrected chi connectivity index (χ4v) is 3.57. The van der Waals surface area contributed by atoms with Gasteiger partial charge in [-0.1, -0.05) is 0 Å². The Morgan fingerprint density at radius 1 is 1.23 bits per heavy atom. The van der Waals surface area contributed by atoms with Crippen molar-refractivity contribution in [3.63, 3.8) is 0 Å². The molecule has 0 radical (unpaired) electrons. The molecule has 0 spiro atoms. The Balaban J connectivity index is 2.26. The zero-order valence-electron chi connectivity index (χ0n) is 12.9. The van der Waals surface area contributed by atoms with Gasteiger partial charge in [0.05, 0.1) is 25.6 Å². The lowest BCUT2D eigenvalue weighted by Crippen LogP contribution is -2.24. The van der Waals surface area contributed by atoms with Gasteiger partial charge in [-0.15, -0.1) is 0 Å². The molecule has 0 amide bonds. The number of nitrogens with zero attached hydrogens (tertiary/aromatic N) is 1. The van der Waals surface area contributed by atoms with Crippen molar-refractivity contribution in [1.29, 1.82) is 0 Å². The molecule has 0 saturated carbocycles. The highest BCUT2D eigenvalue weighted by Crippen LogP contribution is 2.24. The van der Waals surface area contributed by atoms with Crippen molar-refractivity contribution >= 4 is 10.0 Å². The maximum absolute atomic E-state index is 12.4. The van der Waals surface area contributed by atoms with Crippen molar-refractivity contribution in [3.05, 3.63) is 35.2 Å². The van der Waals surface area contributed by atoms with E-state index < -0.39 is 10.0 Å². The summed E-state index contributed by atoms with van der Waals surface area (Å²) in [5.74, 6) is 1.22. The summed E-state index contributed by atoms with van der Waals surface area (Å²) in [7, 11) is -0.580. The van der Waals surface area contributed by atoms with E-state index in [2.05, 4.69) is 14.9 Å². The van der Waals surface area contributed by atoms with Crippen molar-refractivity contribution in [3.8, 4) is 11.5 Å². The average Bonchev–Trinajstić information content (AvgIpc) is 2.84. The number of rotatable bonds is 6. The Bertz CT molecular complexity index is 749. The van der Waals surface area contributed by atoms with Gasteiger partial charge in [0, 0.05) is 12.1 Å². The Kier molecular flexibility index (Phi) is 4.72. The molecule has 0 aliphatic rings. The summed E-state index contributed by atoms with van der Waals surface area (Å²) in [5, 5.41) is 6.58. The van der Waals surface area contributed by atoms with Gasteiger partial charge in [0.1, 0.15) is 16.4 Å². The molecule has 0 saturated heterocycles. The molecule has 22 heavy (non-hydrogen) atoms. The van der Waals surface area contributed by atoms with Crippen LogP contribution in [0.4, 0.5) is 0 Å². The summed E-state index contributed by atoms with van der Waals surface area (Å²) in [6.07, 6.45) is 0. The molecule has 0 bridgehead atoms. The van der Waals surface area contributed by atoms with Gasteiger partial charge in [-0.25, -0.2) is 13.1 Å². The van der Waals surface area contributed by atoms with Gasteiger partial charge in [0.2, 0.25) is 10.0 Å². The number of H-pyrrole nitrogens is 1. The molecule has 2 aromatic rings. The monoisotopic (exact) mass is 325 g/mol. The first-order chi connectivity index (χ1) is 10.4. The predicted molar refractivity (Wildman–Crippen MR) is 81.6 cm³/mol. The largest absolute Gasteiger partial charge is 0.497 e. The number of hydrogen-bond donors (Lipinski definition) is 2. The molecule has 0 atom stereocenters. The van der Waals surface area contributed by atoms with Gasteiger partial charge in [-0.2, -0.15) is 5.10 Å². The Morgan fingerprint density at radius 3 is 2.50 bits per heavy atom. The summed E-state index contributed by atoms with van der Waals surface area (Å²) in [6.45, 7) is 3.40. The van der Waals surface area contributed by atoms with Crippen molar-refractivity contribution in [1.82, 2.24) is 14.9 Å². The second kappa shape index (κ2) is 6.37. The highest BCUT2D eigenvalue weighted by atomic mass is 32.2. The first kappa shape index (κ1) is 16.3. The lowest BCUT2D eigenvalue weighted by atomic mass is 10.2. The van der Waals surface area contributed by atoms with Crippen molar-refractivity contribution in [2.75, 3.05) is 14.2 Å². The number of ether oxygens (including phenoxy) is 2. The number of sulfonamides is 1. The molecule has 2 rings (SSSR count). The molecular formula is C14H19N3O4S. The van der Waals surface area contributed by atoms with Crippen molar-refractivity contribution in [2.45, 2.75) is 25.3 Å². The second-order valence-electron chi connectivity index (χ2n) is 4.77. The Hall–Kier alpha value is -2.06. The summed E-state index contributed by atoms with van der Waals surface area (Å²) in [5.41, 5.74) is 1.62. The zero-order valence-corrected chi connectivity index (χ0v) is 13.7. The van der Waals surface area contributed by atoms with Gasteiger partial charge in [-0.3, -0.25) is 5.10 Å². The van der Waals surface area contributed by atoms with Crippen LogP contribution in [-0.4, -0.2) is 32.8 Å². The van der Waals surface area contributed by atoms with Gasteiger partial charge in [0.25, 0.3) is 0 Å². The first-order valence-corrected chi connectivity index (χ1v) is 8.09. The Labute approximate surface area is 129 Å². The third-order valence-corrected chi connectivity index (χ3v) is 4.93. The van der Waals surface area contributed by atoms with Crippen LogP contribution >= 0.6 is 0 Å². The van der Waals surface area contributed by atoms with E-state index in [0.29, 0.717) is 28.5 Å². The van der Waals surface area contributed by atoms with Gasteiger partial charge >= 0.3 is 0 Å². The molecule has 1 aromatic carbocycles. The van der Waals surface area contributed by atoms with E-state index in [-0.39, 0.29) is 11.4 Å². The predicted octanol–water partition coefficient (Wildman–Crippen LogP) is 1.52. The maximum atomic E-state index is 12.4. The summed E-state index contributed by atoms with van der Waals surface area (Å²) >= 11 is 0. The Morgan fingerprint density at radius 2 is 1.95 bits per heavy atom. The minimum absolute atomic E-state index is 0.0900. The number of benzene rings is 1. The molecule has 7 nitrogen and oxygen atoms in total. The van der Waals surface area contributed by atoms with E-state index >= 15 is 0 Å². The van der Waals surface area contributed by atoms with Crippen LogP contribution in [0.2, 0.25) is 0 Å². The molecule has 1 heterocycles. The third-order valence-electron chi connectivity index (χ3n) is 3.27. The molecule has 1 aromatic heterocycles. The van der Waals surface area contributed by atoms with E-state index in [0.717, 1.165) is 0 Å². The van der Waals surface area contributed by atoms with Crippen molar-refractivity contribution < 1.29 is 17.9 Å². The van der Waals surface area contributed by atoms with Crippen LogP contribution in [0.25, 0.3) is 0 Å². The highest BCUT2D eigenvalue weighted by Gasteiger charge is 2.22. The average molecular weight is 325 g/mol. The summed E-state index contributed by atoms with van der Waals surface area (Å²) in [6, 6.07) is 5.22. The smallest absolute Gasteiger partial charge is 0.244 e. The van der Waals surface area contributed by atoms with E-state index in [1.165, 1.54) is 7.11 Å². The molecule has 8 heteroatoms. The SMILES string of the molecule is COc1ccc(OC)c(CNS(=O)(=O)c2c(C)n[nH]c2C)c1. The molecule has 0 fully saturated rings. The molecule has 0 aliphatic heterocycles. The number of aromatic amines is 1. The number of hydrogen-bond acceptors (Lipinski definition) is 5. The minimum Gasteiger partial charge on any atom is -0.497 e. The molecular weight excluding hydrogens is 306 g/mol. The third kappa shape index (κ3) is 3.23. The molecule has 2 N–H and O–H groups in total. The molecule has 0 aliphatic carbocycles. The summed E-state index contributed by atoms with van der Waals surface area (Å²) < 4.78 is 37.8. The highest BCUT2D eigenvalue weighted by molar-refractivity contribution is 7.89. The fraction of sp³-hybridized carbons (Fsp3) is 0.357. The topological polar surface area (TPSA) is 93.3 Å². The van der Waals surface area contributed by atoms with E-state index in [1.54, 1.807) is 39.2 Å². The maximum Gasteiger partial charge on any atom is 0.244 e. The van der Waals surface area contributed by atoms with E-state index in [1.807, 2.05) is 0 Å². The van der Waals surface area contributed by atoms with Crippen LogP contribution in [0.15, 0.2) is 23.1 Å². The zero-order chi connectivity index (χ0) is 16.3. The van der Waals surface area contributed by atoms with Crippen LogP contribution in [-0.2, 0) is 16.6 Å². The van der Waals surface area contributed by atoms with Crippen molar-refractivity contribution in [2.24, 2.45) is 0 Å². The normalized spacial score (nSPS) is 11.5. The van der Waals surface area contributed by atoms with Crippen LogP contribution in [0, 0.1) is 13.8 Å². The number of aromatic nitrogens is 2. The van der Waals surface area contributed by atoms with Gasteiger partial charge in [0.15, 0.2) is 0 Å². The number of aryl methyl sites for hydroxylation is 2. The molecule has 0 unspecified atom stereocenters. The fourth-order valence-electron chi connectivity index (χ4n) is 2.20. The number of nitrogens with one attached hydrogen (secondary N) is 2. The van der Waals surface area contributed by atoms with Crippen LogP contribution in [0.5, 0.6) is 11.5 Å². The standard InChI is InChI=1S/C14H19N3O4S/c1-9-14(10(2)17-16-9)22(18,19)15-8-11-7-12(20-3)5-6-13(11)21-4/h5-7,15H,8H2,1-4H3,(H,16,17).